The molecule has 2 unspecified atom stereocenters. The highest BCUT2D eigenvalue weighted by molar-refractivity contribution is 6.18. The van der Waals surface area contributed by atoms with E-state index in [4.69, 9.17) is 33.5 Å². The van der Waals surface area contributed by atoms with Gasteiger partial charge in [-0.2, -0.15) is 0 Å². The summed E-state index contributed by atoms with van der Waals surface area (Å²) in [6, 6.07) is -16.1. The smallest absolute Gasteiger partial charge is 0.335 e. The molecule has 22 N–H and O–H groups in total. The zero-order valence-corrected chi connectivity index (χ0v) is 48.2. The molecule has 84 heavy (non-hydrogen) atoms. The van der Waals surface area contributed by atoms with Crippen LogP contribution in [0.5, 0.6) is 0 Å². The van der Waals surface area contributed by atoms with Crippen molar-refractivity contribution in [1.82, 2.24) is 47.9 Å². The number of allylic oxidation sites excluding steroid dienone is 1. The first-order valence-corrected chi connectivity index (χ1v) is 28.3. The zero-order chi connectivity index (χ0) is 63.6. The minimum Gasteiger partial charge on any atom is -0.481 e. The van der Waals surface area contributed by atoms with E-state index < -0.39 is 194 Å². The number of carboxylic acids is 2. The first-order chi connectivity index (χ1) is 39.7. The van der Waals surface area contributed by atoms with Gasteiger partial charge in [-0.3, -0.25) is 47.9 Å². The molecule has 0 bridgehead atoms. The molecule has 478 valence electrons. The molecule has 33 heteroatoms. The van der Waals surface area contributed by atoms with Crippen molar-refractivity contribution in [1.29, 1.82) is 0 Å². The highest BCUT2D eigenvalue weighted by Gasteiger charge is 2.41. The number of cyclic esters (lactones) is 1. The van der Waals surface area contributed by atoms with E-state index in [1.54, 1.807) is 0 Å². The Morgan fingerprint density at radius 2 is 1.13 bits per heavy atom. The minimum absolute atomic E-state index is 0.0826. The summed E-state index contributed by atoms with van der Waals surface area (Å²) in [5.74, 6) is -18.2. The number of halogens is 1. The molecular formula is C51H87ClN12O20. The number of hydrogen-bond donors (Lipinski definition) is 19. The third-order valence-electron chi connectivity index (χ3n) is 13.1. The van der Waals surface area contributed by atoms with Crippen molar-refractivity contribution < 1.29 is 98.0 Å². The molecule has 9 amide bonds. The van der Waals surface area contributed by atoms with Crippen LogP contribution in [-0.4, -0.2) is 218 Å². The number of carbonyl (C=O) groups excluding carboxylic acids is 10. The standard InChI is InChI=1S/C51H87ClN12O20/c1-4-6-7-8-9-10-11-12-16-33(66)34(67)23-36(69)56-32-25-84-51(83)39(35(68)24-52)63-49(80)40(41(72)50(81)82)64-42(73)27(5-2)57-48(79)38(26(3)65)62-45(76)30(18-21-55)59-43(74)28(15-13-14-19-53)58-46(77)31(22-37(70)71)61-44(75)29(17-20-54)60-47(32)78/h5,26,28-35,38-41,65-68,72H,4,6-25,53-55H2,1-3H3,(H,56,69)(H,57,79)(H,58,77)(H,59,74)(H,60,78)(H,61,75)(H,62,76)(H,63,80)(H,64,73)(H,70,71)(H,81,82)/b27-5-/t26-,28-,29+,30-,31-,32-,33?,34?,35+,38-,39-,40-,41-/m0/s1. The Labute approximate surface area is 490 Å². The van der Waals surface area contributed by atoms with E-state index in [-0.39, 0.29) is 45.2 Å². The second-order valence-corrected chi connectivity index (χ2v) is 20.3. The highest BCUT2D eigenvalue weighted by atomic mass is 35.5. The van der Waals surface area contributed by atoms with Gasteiger partial charge in [-0.25, -0.2) is 9.59 Å². The van der Waals surface area contributed by atoms with Crippen LogP contribution in [0.4, 0.5) is 0 Å². The number of aliphatic carboxylic acids is 2. The molecule has 0 aromatic carbocycles. The summed E-state index contributed by atoms with van der Waals surface area (Å²) < 4.78 is 5.24. The Balaban J connectivity index is 4.04. The van der Waals surface area contributed by atoms with Crippen LogP contribution in [0.1, 0.15) is 124 Å². The lowest BCUT2D eigenvalue weighted by molar-refractivity contribution is -0.155. The van der Waals surface area contributed by atoms with Crippen molar-refractivity contribution in [3.05, 3.63) is 11.8 Å². The predicted molar refractivity (Wildman–Crippen MR) is 297 cm³/mol. The van der Waals surface area contributed by atoms with Gasteiger partial charge in [-0.1, -0.05) is 64.4 Å². The van der Waals surface area contributed by atoms with Crippen LogP contribution >= 0.6 is 11.6 Å². The van der Waals surface area contributed by atoms with Gasteiger partial charge in [-0.05, 0) is 72.0 Å². The number of unbranched alkanes of at least 4 members (excludes halogenated alkanes) is 8. The quantitative estimate of drug-likeness (QED) is 0.0150. The third kappa shape index (κ3) is 27.4. The largest absolute Gasteiger partial charge is 0.481 e. The van der Waals surface area contributed by atoms with E-state index in [2.05, 4.69) is 44.1 Å². The van der Waals surface area contributed by atoms with E-state index in [0.29, 0.717) is 6.42 Å². The fraction of sp³-hybridized carbons (Fsp3) is 0.725. The number of aliphatic hydroxyl groups is 5. The maximum absolute atomic E-state index is 14.2. The number of rotatable bonds is 28. The molecule has 1 aliphatic heterocycles. The number of ether oxygens (including phenoxy) is 1. The van der Waals surface area contributed by atoms with Gasteiger partial charge < -0.3 is 106 Å². The van der Waals surface area contributed by atoms with Gasteiger partial charge in [0.05, 0.1) is 43.1 Å². The average Bonchev–Trinajstić information content (AvgIpc) is 3.64. The number of aliphatic hydroxyl groups excluding tert-OH is 5. The fourth-order valence-electron chi connectivity index (χ4n) is 8.23. The molecule has 1 rings (SSSR count). The molecule has 0 aromatic rings. The van der Waals surface area contributed by atoms with Crippen LogP contribution in [-0.2, 0) is 62.3 Å². The van der Waals surface area contributed by atoms with E-state index in [1.807, 2.05) is 10.6 Å². The van der Waals surface area contributed by atoms with Crippen molar-refractivity contribution in [2.24, 2.45) is 17.2 Å². The molecule has 1 heterocycles. The number of nitrogens with two attached hydrogens (primary N) is 3. The Hall–Kier alpha value is -6.65. The van der Waals surface area contributed by atoms with Crippen LogP contribution in [0.15, 0.2) is 11.8 Å². The first kappa shape index (κ1) is 75.4. The topological polar surface area (TPSA) is 542 Å². The zero-order valence-electron chi connectivity index (χ0n) is 47.5. The molecule has 0 aromatic heterocycles. The number of carboxylic acid groups (broad SMARTS) is 2. The SMILES string of the molecule is C/C=C1\NC(=O)[C@H]([C@H](C)O)NC(=O)[C@H](CCN)NC(=O)[C@H](CCCCN)NC(=O)[C@H](CC(=O)O)NC(=O)[C@@H](CCN)NC(=O)[C@@H](NC(=O)CC(O)C(O)CCCCCCCCCC)COC(=O)[C@H]([C@H](O)CCl)NC(=O)[C@H]([C@H](O)C(=O)O)NC1=O. The van der Waals surface area contributed by atoms with Crippen molar-refractivity contribution in [3.8, 4) is 0 Å². The molecule has 1 fully saturated rings. The second kappa shape index (κ2) is 40.6. The summed E-state index contributed by atoms with van der Waals surface area (Å²) in [5, 5.41) is 92.6. The van der Waals surface area contributed by atoms with E-state index in [0.717, 1.165) is 64.9 Å². The fourth-order valence-corrected chi connectivity index (χ4v) is 8.40. The number of carbonyl (C=O) groups is 12. The number of hydrogen-bond acceptors (Lipinski definition) is 21. The van der Waals surface area contributed by atoms with Crippen LogP contribution in [0.25, 0.3) is 0 Å². The summed E-state index contributed by atoms with van der Waals surface area (Å²) in [6.07, 6.45) is -4.17. The molecule has 13 atom stereocenters. The summed E-state index contributed by atoms with van der Waals surface area (Å²) in [5.41, 5.74) is 16.4. The van der Waals surface area contributed by atoms with Gasteiger partial charge in [0.1, 0.15) is 54.6 Å². The van der Waals surface area contributed by atoms with Gasteiger partial charge in [-0.15, -0.1) is 11.6 Å². The number of amides is 9. The van der Waals surface area contributed by atoms with Gasteiger partial charge in [0, 0.05) is 0 Å². The van der Waals surface area contributed by atoms with Gasteiger partial charge in [0.25, 0.3) is 5.91 Å². The highest BCUT2D eigenvalue weighted by Crippen LogP contribution is 2.15. The maximum Gasteiger partial charge on any atom is 0.335 e. The molecular weight excluding hydrogens is 1140 g/mol. The average molecular weight is 1220 g/mol. The molecule has 0 saturated carbocycles. The lowest BCUT2D eigenvalue weighted by Gasteiger charge is -2.28. The number of alkyl halides is 1. The van der Waals surface area contributed by atoms with Gasteiger partial charge in [0.15, 0.2) is 12.1 Å². The molecule has 0 radical (unpaired) electrons. The van der Waals surface area contributed by atoms with Gasteiger partial charge in [0.2, 0.25) is 47.3 Å². The Morgan fingerprint density at radius 3 is 1.64 bits per heavy atom. The van der Waals surface area contributed by atoms with Gasteiger partial charge >= 0.3 is 17.9 Å². The monoisotopic (exact) mass is 1220 g/mol. The van der Waals surface area contributed by atoms with Crippen LogP contribution < -0.4 is 65.1 Å². The third-order valence-corrected chi connectivity index (χ3v) is 13.4. The van der Waals surface area contributed by atoms with Crippen LogP contribution in [0.2, 0.25) is 0 Å². The Bertz CT molecular complexity index is 2230. The molecule has 0 spiro atoms. The van der Waals surface area contributed by atoms with Crippen molar-refractivity contribution in [2.75, 3.05) is 32.1 Å². The number of esters is 1. The summed E-state index contributed by atoms with van der Waals surface area (Å²) in [7, 11) is 0. The Morgan fingerprint density at radius 1 is 0.619 bits per heavy atom. The molecule has 1 saturated heterocycles. The minimum atomic E-state index is -2.85. The van der Waals surface area contributed by atoms with Crippen LogP contribution in [0, 0.1) is 0 Å². The lowest BCUT2D eigenvalue weighted by atomic mass is 10.0. The lowest BCUT2D eigenvalue weighted by Crippen LogP contribution is -2.62. The maximum atomic E-state index is 14.2. The molecule has 1 aliphatic rings. The Kier molecular flexibility index (Phi) is 36.4. The van der Waals surface area contributed by atoms with Crippen molar-refractivity contribution in [2.45, 2.75) is 202 Å². The molecule has 0 aliphatic carbocycles. The summed E-state index contributed by atoms with van der Waals surface area (Å²) in [4.78, 5) is 163. The normalized spacial score (nSPS) is 24.8. The predicted octanol–water partition coefficient (Wildman–Crippen LogP) is -6.19. The summed E-state index contributed by atoms with van der Waals surface area (Å²) in [6.45, 7) is 2.45. The van der Waals surface area contributed by atoms with E-state index in [9.17, 15) is 93.3 Å². The second-order valence-electron chi connectivity index (χ2n) is 20.0. The van der Waals surface area contributed by atoms with E-state index >= 15 is 0 Å². The van der Waals surface area contributed by atoms with E-state index in [1.165, 1.54) is 0 Å². The van der Waals surface area contributed by atoms with Crippen molar-refractivity contribution in [3.63, 3.8) is 0 Å². The van der Waals surface area contributed by atoms with Crippen LogP contribution in [0.3, 0.4) is 0 Å². The summed E-state index contributed by atoms with van der Waals surface area (Å²) >= 11 is 5.85. The molecule has 32 nitrogen and oxygen atoms in total. The first-order valence-electron chi connectivity index (χ1n) is 27.8. The number of nitrogens with one attached hydrogen (secondary N) is 9. The van der Waals surface area contributed by atoms with Crippen molar-refractivity contribution >= 4 is 82.7 Å².